The molecule has 1 heterocycles. The molecule has 0 spiro atoms. The van der Waals surface area contributed by atoms with Gasteiger partial charge in [0.05, 0.1) is 0 Å². The highest BCUT2D eigenvalue weighted by Gasteiger charge is 2.14. The molecule has 7 aromatic rings. The van der Waals surface area contributed by atoms with E-state index in [2.05, 4.69) is 90.2 Å². The van der Waals surface area contributed by atoms with E-state index in [1.807, 2.05) is 42.5 Å². The zero-order valence-corrected chi connectivity index (χ0v) is 19.5. The molecule has 3 heteroatoms. The maximum absolute atomic E-state index is 6.38. The lowest BCUT2D eigenvalue weighted by Crippen LogP contribution is -1.93. The number of benzene rings is 6. The highest BCUT2D eigenvalue weighted by atomic mass is 16.3. The zero-order chi connectivity index (χ0) is 23.9. The number of nitrogens with one attached hydrogen (secondary N) is 1. The Kier molecular flexibility index (Phi) is 4.78. The Balaban J connectivity index is 1.39. The predicted octanol–water partition coefficient (Wildman–Crippen LogP) is 9.21. The third kappa shape index (κ3) is 3.50. The molecule has 0 amide bonds. The average molecular weight is 463 g/mol. The van der Waals surface area contributed by atoms with Crippen LogP contribution in [0.1, 0.15) is 0 Å². The van der Waals surface area contributed by atoms with Crippen LogP contribution in [0.25, 0.3) is 55.2 Å². The second-order valence-corrected chi connectivity index (χ2v) is 8.94. The Morgan fingerprint density at radius 2 is 1.25 bits per heavy atom. The van der Waals surface area contributed by atoms with Gasteiger partial charge in [-0.2, -0.15) is 0 Å². The number of fused-ring (bicyclic) bond motifs is 5. The van der Waals surface area contributed by atoms with Crippen LogP contribution in [-0.4, -0.2) is 4.98 Å². The van der Waals surface area contributed by atoms with Crippen LogP contribution in [0, 0.1) is 0 Å². The molecule has 0 aliphatic rings. The van der Waals surface area contributed by atoms with Crippen molar-refractivity contribution in [1.82, 2.24) is 4.98 Å². The van der Waals surface area contributed by atoms with Gasteiger partial charge >= 0.3 is 0 Å². The molecule has 0 atom stereocenters. The Labute approximate surface area is 208 Å². The molecule has 0 saturated heterocycles. The standard InChI is InChI=1S/C33H22N2O/c1-3-9-22(10-4-1)27-13-7-8-14-29(27)34-26-19-17-23-15-16-24-18-20-30-32(31(24)28(23)21-26)36-33(35-30)25-11-5-2-6-12-25/h1-21,34H. The van der Waals surface area contributed by atoms with E-state index in [4.69, 9.17) is 9.40 Å². The lowest BCUT2D eigenvalue weighted by Gasteiger charge is -2.13. The van der Waals surface area contributed by atoms with Gasteiger partial charge in [0.25, 0.3) is 0 Å². The third-order valence-electron chi connectivity index (χ3n) is 6.67. The molecule has 0 fully saturated rings. The molecular formula is C33H22N2O. The summed E-state index contributed by atoms with van der Waals surface area (Å²) in [4.78, 5) is 4.79. The molecule has 6 aromatic carbocycles. The number of oxazole rings is 1. The smallest absolute Gasteiger partial charge is 0.227 e. The fraction of sp³-hybridized carbons (Fsp3) is 0. The minimum absolute atomic E-state index is 0.640. The maximum atomic E-state index is 6.38. The Morgan fingerprint density at radius 3 is 2.08 bits per heavy atom. The molecule has 36 heavy (non-hydrogen) atoms. The van der Waals surface area contributed by atoms with Gasteiger partial charge < -0.3 is 9.73 Å². The molecule has 1 N–H and O–H groups in total. The van der Waals surface area contributed by atoms with Crippen molar-refractivity contribution in [2.24, 2.45) is 0 Å². The lowest BCUT2D eigenvalue weighted by molar-refractivity contribution is 0.623. The number of nitrogens with zero attached hydrogens (tertiary/aromatic N) is 1. The van der Waals surface area contributed by atoms with Gasteiger partial charge in [-0.1, -0.05) is 91.0 Å². The van der Waals surface area contributed by atoms with Crippen LogP contribution in [0.5, 0.6) is 0 Å². The van der Waals surface area contributed by atoms with Crippen LogP contribution in [0.2, 0.25) is 0 Å². The number of rotatable bonds is 4. The zero-order valence-electron chi connectivity index (χ0n) is 19.5. The van der Waals surface area contributed by atoms with E-state index in [1.165, 1.54) is 11.1 Å². The summed E-state index contributed by atoms with van der Waals surface area (Å²) in [6, 6.07) is 43.9. The predicted molar refractivity (Wildman–Crippen MR) is 150 cm³/mol. The first-order chi connectivity index (χ1) is 17.8. The number of para-hydroxylation sites is 1. The van der Waals surface area contributed by atoms with Crippen molar-refractivity contribution in [1.29, 1.82) is 0 Å². The molecule has 1 aromatic heterocycles. The van der Waals surface area contributed by atoms with E-state index in [-0.39, 0.29) is 0 Å². The summed E-state index contributed by atoms with van der Waals surface area (Å²) in [5.41, 5.74) is 7.10. The highest BCUT2D eigenvalue weighted by molar-refractivity contribution is 6.18. The number of aromatic nitrogens is 1. The van der Waals surface area contributed by atoms with Crippen molar-refractivity contribution in [2.45, 2.75) is 0 Å². The molecular weight excluding hydrogens is 440 g/mol. The second-order valence-electron chi connectivity index (χ2n) is 8.94. The minimum Gasteiger partial charge on any atom is -0.435 e. The first-order valence-corrected chi connectivity index (χ1v) is 12.1. The quantitative estimate of drug-likeness (QED) is 0.265. The van der Waals surface area contributed by atoms with E-state index in [1.54, 1.807) is 0 Å². The number of hydrogen-bond acceptors (Lipinski definition) is 3. The fourth-order valence-corrected chi connectivity index (χ4v) is 4.92. The fourth-order valence-electron chi connectivity index (χ4n) is 4.92. The van der Waals surface area contributed by atoms with E-state index >= 15 is 0 Å². The van der Waals surface area contributed by atoms with Crippen molar-refractivity contribution in [3.63, 3.8) is 0 Å². The molecule has 0 aliphatic heterocycles. The average Bonchev–Trinajstić information content (AvgIpc) is 3.39. The van der Waals surface area contributed by atoms with Crippen LogP contribution in [0.15, 0.2) is 132 Å². The SMILES string of the molecule is c1ccc(-c2nc3ccc4ccc5ccc(Nc6ccccc6-c6ccccc6)cc5c4c3o2)cc1. The van der Waals surface area contributed by atoms with Gasteiger partial charge in [0.15, 0.2) is 5.58 Å². The van der Waals surface area contributed by atoms with Crippen molar-refractivity contribution < 1.29 is 4.42 Å². The molecule has 0 saturated carbocycles. The highest BCUT2D eigenvalue weighted by Crippen LogP contribution is 2.37. The summed E-state index contributed by atoms with van der Waals surface area (Å²) < 4.78 is 6.38. The van der Waals surface area contributed by atoms with E-state index in [9.17, 15) is 0 Å². The van der Waals surface area contributed by atoms with Crippen LogP contribution >= 0.6 is 0 Å². The molecule has 170 valence electrons. The summed E-state index contributed by atoms with van der Waals surface area (Å²) in [7, 11) is 0. The van der Waals surface area contributed by atoms with Gasteiger partial charge in [-0.3, -0.25) is 0 Å². The van der Waals surface area contributed by atoms with E-state index in [0.717, 1.165) is 49.6 Å². The number of hydrogen-bond donors (Lipinski definition) is 1. The summed E-state index contributed by atoms with van der Waals surface area (Å²) in [6.07, 6.45) is 0. The molecule has 0 aliphatic carbocycles. The van der Waals surface area contributed by atoms with E-state index < -0.39 is 0 Å². The van der Waals surface area contributed by atoms with Gasteiger partial charge in [0.1, 0.15) is 5.52 Å². The van der Waals surface area contributed by atoms with Crippen molar-refractivity contribution in [3.05, 3.63) is 127 Å². The summed E-state index contributed by atoms with van der Waals surface area (Å²) >= 11 is 0. The monoisotopic (exact) mass is 462 g/mol. The Morgan fingerprint density at radius 1 is 0.583 bits per heavy atom. The summed E-state index contributed by atoms with van der Waals surface area (Å²) in [6.45, 7) is 0. The van der Waals surface area contributed by atoms with Gasteiger partial charge in [-0.15, -0.1) is 0 Å². The lowest BCUT2D eigenvalue weighted by atomic mass is 10.00. The number of anilines is 2. The van der Waals surface area contributed by atoms with Crippen LogP contribution < -0.4 is 5.32 Å². The first kappa shape index (κ1) is 20.5. The van der Waals surface area contributed by atoms with E-state index in [0.29, 0.717) is 5.89 Å². The second kappa shape index (κ2) is 8.40. The maximum Gasteiger partial charge on any atom is 0.227 e. The van der Waals surface area contributed by atoms with Crippen LogP contribution in [0.3, 0.4) is 0 Å². The van der Waals surface area contributed by atoms with Crippen molar-refractivity contribution >= 4 is 44.0 Å². The van der Waals surface area contributed by atoms with Crippen molar-refractivity contribution in [2.75, 3.05) is 5.32 Å². The Hall–Kier alpha value is -4.89. The molecule has 0 bridgehead atoms. The summed E-state index contributed by atoms with van der Waals surface area (Å²) in [5.74, 6) is 0.640. The largest absolute Gasteiger partial charge is 0.435 e. The van der Waals surface area contributed by atoms with Gasteiger partial charge in [0, 0.05) is 27.9 Å². The Bertz CT molecular complexity index is 1850. The van der Waals surface area contributed by atoms with Gasteiger partial charge in [-0.25, -0.2) is 4.98 Å². The van der Waals surface area contributed by atoms with Gasteiger partial charge in [0.2, 0.25) is 5.89 Å². The summed E-state index contributed by atoms with van der Waals surface area (Å²) in [5, 5.41) is 8.17. The van der Waals surface area contributed by atoms with Crippen LogP contribution in [-0.2, 0) is 0 Å². The normalized spacial score (nSPS) is 11.3. The minimum atomic E-state index is 0.640. The topological polar surface area (TPSA) is 38.1 Å². The molecule has 0 radical (unpaired) electrons. The van der Waals surface area contributed by atoms with Crippen molar-refractivity contribution in [3.8, 4) is 22.6 Å². The molecule has 7 rings (SSSR count). The van der Waals surface area contributed by atoms with Gasteiger partial charge in [-0.05, 0) is 58.1 Å². The first-order valence-electron chi connectivity index (χ1n) is 12.1. The molecule has 0 unspecified atom stereocenters. The van der Waals surface area contributed by atoms with Crippen LogP contribution in [0.4, 0.5) is 11.4 Å². The third-order valence-corrected chi connectivity index (χ3v) is 6.67. The molecule has 3 nitrogen and oxygen atoms in total.